The van der Waals surface area contributed by atoms with Crippen molar-refractivity contribution < 1.29 is 8.42 Å². The van der Waals surface area contributed by atoms with Gasteiger partial charge in [0.15, 0.2) is 0 Å². The van der Waals surface area contributed by atoms with E-state index in [4.69, 9.17) is 11.6 Å². The fourth-order valence-electron chi connectivity index (χ4n) is 1.46. The van der Waals surface area contributed by atoms with Gasteiger partial charge in [0, 0.05) is 30.2 Å². The number of thiazole rings is 1. The molecular formula is C11H12ClN3O2S2. The maximum absolute atomic E-state index is 12.0. The van der Waals surface area contributed by atoms with Gasteiger partial charge in [-0.1, -0.05) is 11.6 Å². The molecule has 5 nitrogen and oxygen atoms in total. The SMILES string of the molecule is Cc1csc(CCNS(=O)(=O)c2cccnc2Cl)n1. The zero-order chi connectivity index (χ0) is 13.9. The van der Waals surface area contributed by atoms with Crippen LogP contribution < -0.4 is 4.72 Å². The van der Waals surface area contributed by atoms with Gasteiger partial charge in [0.05, 0.1) is 5.01 Å². The van der Waals surface area contributed by atoms with Crippen molar-refractivity contribution in [2.45, 2.75) is 18.2 Å². The van der Waals surface area contributed by atoms with Gasteiger partial charge in [-0.15, -0.1) is 11.3 Å². The van der Waals surface area contributed by atoms with E-state index in [2.05, 4.69) is 14.7 Å². The third-order valence-electron chi connectivity index (χ3n) is 2.31. The van der Waals surface area contributed by atoms with Gasteiger partial charge >= 0.3 is 0 Å². The van der Waals surface area contributed by atoms with E-state index in [0.29, 0.717) is 6.42 Å². The van der Waals surface area contributed by atoms with Crippen LogP contribution >= 0.6 is 22.9 Å². The molecule has 8 heteroatoms. The van der Waals surface area contributed by atoms with Crippen molar-refractivity contribution in [3.05, 3.63) is 39.6 Å². The second kappa shape index (κ2) is 5.96. The predicted molar refractivity (Wildman–Crippen MR) is 75.0 cm³/mol. The highest BCUT2D eigenvalue weighted by Crippen LogP contribution is 2.17. The van der Waals surface area contributed by atoms with Gasteiger partial charge in [-0.25, -0.2) is 23.1 Å². The van der Waals surface area contributed by atoms with Crippen molar-refractivity contribution in [3.8, 4) is 0 Å². The summed E-state index contributed by atoms with van der Waals surface area (Å²) < 4.78 is 26.5. The summed E-state index contributed by atoms with van der Waals surface area (Å²) in [4.78, 5) is 8.01. The summed E-state index contributed by atoms with van der Waals surface area (Å²) in [7, 11) is -3.62. The summed E-state index contributed by atoms with van der Waals surface area (Å²) in [6.07, 6.45) is 2.00. The monoisotopic (exact) mass is 317 g/mol. The number of halogens is 1. The van der Waals surface area contributed by atoms with Crippen LogP contribution in [-0.4, -0.2) is 24.9 Å². The molecule has 102 valence electrons. The molecule has 0 aromatic carbocycles. The number of sulfonamides is 1. The lowest BCUT2D eigenvalue weighted by Crippen LogP contribution is -2.26. The molecule has 0 aliphatic carbocycles. The number of pyridine rings is 1. The number of hydrogen-bond donors (Lipinski definition) is 1. The molecule has 0 fully saturated rings. The lowest BCUT2D eigenvalue weighted by Gasteiger charge is -2.06. The zero-order valence-electron chi connectivity index (χ0n) is 10.1. The topological polar surface area (TPSA) is 72.0 Å². The molecule has 2 aromatic heterocycles. The molecule has 0 amide bonds. The first-order valence-corrected chi connectivity index (χ1v) is 8.24. The van der Waals surface area contributed by atoms with Crippen LogP contribution in [-0.2, 0) is 16.4 Å². The second-order valence-electron chi connectivity index (χ2n) is 3.82. The third-order valence-corrected chi connectivity index (χ3v) is 5.24. The van der Waals surface area contributed by atoms with Crippen LogP contribution in [0.25, 0.3) is 0 Å². The Balaban J connectivity index is 2.01. The average Bonchev–Trinajstić information content (AvgIpc) is 2.75. The molecule has 0 radical (unpaired) electrons. The van der Waals surface area contributed by atoms with Crippen molar-refractivity contribution in [1.82, 2.24) is 14.7 Å². The normalized spacial score (nSPS) is 11.7. The van der Waals surface area contributed by atoms with Gasteiger partial charge in [-0.2, -0.15) is 0 Å². The quantitative estimate of drug-likeness (QED) is 0.856. The Morgan fingerprint density at radius 1 is 1.47 bits per heavy atom. The Hall–Kier alpha value is -1.02. The fourth-order valence-corrected chi connectivity index (χ4v) is 3.72. The largest absolute Gasteiger partial charge is 0.247 e. The van der Waals surface area contributed by atoms with E-state index in [9.17, 15) is 8.42 Å². The van der Waals surface area contributed by atoms with Gasteiger partial charge < -0.3 is 0 Å². The molecule has 2 aromatic rings. The Labute approximate surface area is 120 Å². The first-order chi connectivity index (χ1) is 8.99. The first kappa shape index (κ1) is 14.4. The Morgan fingerprint density at radius 3 is 2.89 bits per heavy atom. The standard InChI is InChI=1S/C11H12ClN3O2S2/c1-8-7-18-10(15-8)4-6-14-19(16,17)9-3-2-5-13-11(9)12/h2-3,5,7,14H,4,6H2,1H3. The summed E-state index contributed by atoms with van der Waals surface area (Å²) in [5.41, 5.74) is 0.943. The van der Waals surface area contributed by atoms with Crippen molar-refractivity contribution in [2.24, 2.45) is 0 Å². The number of aromatic nitrogens is 2. The number of aryl methyl sites for hydroxylation is 1. The van der Waals surface area contributed by atoms with Gasteiger partial charge in [0.25, 0.3) is 0 Å². The van der Waals surface area contributed by atoms with Crippen molar-refractivity contribution in [2.75, 3.05) is 6.54 Å². The first-order valence-electron chi connectivity index (χ1n) is 5.50. The minimum absolute atomic E-state index is 0.00742. The van der Waals surface area contributed by atoms with E-state index in [1.54, 1.807) is 0 Å². The zero-order valence-corrected chi connectivity index (χ0v) is 12.5. The molecule has 0 aliphatic heterocycles. The van der Waals surface area contributed by atoms with Crippen LogP contribution in [0.5, 0.6) is 0 Å². The van der Waals surface area contributed by atoms with Gasteiger partial charge in [0.1, 0.15) is 10.0 Å². The summed E-state index contributed by atoms with van der Waals surface area (Å²) in [6.45, 7) is 2.18. The maximum atomic E-state index is 12.0. The van der Waals surface area contributed by atoms with E-state index >= 15 is 0 Å². The number of nitrogens with zero attached hydrogens (tertiary/aromatic N) is 2. The molecule has 19 heavy (non-hydrogen) atoms. The summed E-state index contributed by atoms with van der Waals surface area (Å²) in [5, 5.41) is 2.81. The maximum Gasteiger partial charge on any atom is 0.243 e. The van der Waals surface area contributed by atoms with Crippen LogP contribution in [0.2, 0.25) is 5.15 Å². The van der Waals surface area contributed by atoms with Gasteiger partial charge in [0.2, 0.25) is 10.0 Å². The average molecular weight is 318 g/mol. The van der Waals surface area contributed by atoms with E-state index in [-0.39, 0.29) is 16.6 Å². The fraction of sp³-hybridized carbons (Fsp3) is 0.273. The molecule has 1 N–H and O–H groups in total. The van der Waals surface area contributed by atoms with Crippen LogP contribution in [0, 0.1) is 6.92 Å². The van der Waals surface area contributed by atoms with Crippen LogP contribution in [0.4, 0.5) is 0 Å². The lowest BCUT2D eigenvalue weighted by molar-refractivity contribution is 0.581. The molecule has 0 saturated carbocycles. The summed E-state index contributed by atoms with van der Waals surface area (Å²) >= 11 is 7.28. The molecule has 0 spiro atoms. The highest BCUT2D eigenvalue weighted by atomic mass is 35.5. The smallest absolute Gasteiger partial charge is 0.243 e. The van der Waals surface area contributed by atoms with Crippen LogP contribution in [0.1, 0.15) is 10.7 Å². The van der Waals surface area contributed by atoms with E-state index in [1.807, 2.05) is 12.3 Å². The lowest BCUT2D eigenvalue weighted by atomic mass is 10.4. The van der Waals surface area contributed by atoms with E-state index in [0.717, 1.165) is 10.7 Å². The van der Waals surface area contributed by atoms with Gasteiger partial charge in [-0.3, -0.25) is 0 Å². The number of hydrogen-bond acceptors (Lipinski definition) is 5. The van der Waals surface area contributed by atoms with Crippen molar-refractivity contribution in [3.63, 3.8) is 0 Å². The van der Waals surface area contributed by atoms with Crippen molar-refractivity contribution in [1.29, 1.82) is 0 Å². The predicted octanol–water partition coefficient (Wildman–Crippen LogP) is 2.02. The summed E-state index contributed by atoms with van der Waals surface area (Å²) in [6, 6.07) is 2.95. The van der Waals surface area contributed by atoms with Gasteiger partial charge in [-0.05, 0) is 19.1 Å². The molecule has 0 aliphatic rings. The minimum atomic E-state index is -3.62. The molecule has 0 bridgehead atoms. The van der Waals surface area contributed by atoms with E-state index < -0.39 is 10.0 Å². The number of nitrogens with one attached hydrogen (secondary N) is 1. The van der Waals surface area contributed by atoms with Crippen LogP contribution in [0.3, 0.4) is 0 Å². The molecule has 0 atom stereocenters. The minimum Gasteiger partial charge on any atom is -0.247 e. The number of rotatable bonds is 5. The third kappa shape index (κ3) is 3.73. The molecule has 0 saturated heterocycles. The highest BCUT2D eigenvalue weighted by Gasteiger charge is 2.17. The molecule has 0 unspecified atom stereocenters. The molecular weight excluding hydrogens is 306 g/mol. The molecule has 2 heterocycles. The second-order valence-corrected chi connectivity index (χ2v) is 6.86. The Bertz CT molecular complexity index is 670. The molecule has 2 rings (SSSR count). The van der Waals surface area contributed by atoms with Crippen molar-refractivity contribution >= 4 is 33.0 Å². The Kier molecular flexibility index (Phi) is 4.51. The summed E-state index contributed by atoms with van der Waals surface area (Å²) in [5.74, 6) is 0. The Morgan fingerprint density at radius 2 is 2.26 bits per heavy atom. The highest BCUT2D eigenvalue weighted by molar-refractivity contribution is 7.89. The van der Waals surface area contributed by atoms with Crippen LogP contribution in [0.15, 0.2) is 28.6 Å². The van der Waals surface area contributed by atoms with E-state index in [1.165, 1.54) is 29.7 Å².